The summed E-state index contributed by atoms with van der Waals surface area (Å²) in [5.41, 5.74) is -0.340. The van der Waals surface area contributed by atoms with Crippen LogP contribution >= 0.6 is 15.9 Å². The molecule has 0 bridgehead atoms. The van der Waals surface area contributed by atoms with E-state index < -0.39 is 11.8 Å². The van der Waals surface area contributed by atoms with E-state index in [4.69, 9.17) is 0 Å². The van der Waals surface area contributed by atoms with Gasteiger partial charge in [0.05, 0.1) is 11.1 Å². The highest BCUT2D eigenvalue weighted by atomic mass is 79.9. The second kappa shape index (κ2) is 7.17. The number of amides is 1. The highest BCUT2D eigenvalue weighted by Gasteiger charge is 2.33. The average Bonchev–Trinajstić information content (AvgIpc) is 2.43. The maximum atomic E-state index is 12.4. The fraction of sp³-hybridized carbons (Fsp3) is 0.400. The van der Waals surface area contributed by atoms with Crippen LogP contribution in [-0.4, -0.2) is 12.3 Å². The lowest BCUT2D eigenvalue weighted by Gasteiger charge is -2.26. The summed E-state index contributed by atoms with van der Waals surface area (Å²) in [7, 11) is 0. The van der Waals surface area contributed by atoms with Gasteiger partial charge in [0.15, 0.2) is 0 Å². The predicted octanol–water partition coefficient (Wildman–Crippen LogP) is 5.28. The van der Waals surface area contributed by atoms with Crippen molar-refractivity contribution in [2.24, 2.45) is 5.41 Å². The van der Waals surface area contributed by atoms with Gasteiger partial charge in [0, 0.05) is 4.47 Å². The normalized spacial score (nSPS) is 11.9. The summed E-state index contributed by atoms with van der Waals surface area (Å²) >= 11 is 3.13. The summed E-state index contributed by atoms with van der Waals surface area (Å²) in [6.45, 7) is 7.45. The zero-order chi connectivity index (χ0) is 17.0. The van der Waals surface area contributed by atoms with Crippen LogP contribution in [0.3, 0.4) is 0 Å². The highest BCUT2D eigenvalue weighted by Crippen LogP contribution is 2.33. The number of nitrogens with one attached hydrogen (secondary N) is 1. The van der Waals surface area contributed by atoms with Crippen LogP contribution in [-0.2, 0) is 4.79 Å². The molecule has 0 spiro atoms. The maximum absolute atomic E-state index is 12.4. The van der Waals surface area contributed by atoms with Crippen LogP contribution in [0.25, 0.3) is 0 Å². The van der Waals surface area contributed by atoms with Crippen LogP contribution < -0.4 is 10.1 Å². The lowest BCUT2D eigenvalue weighted by molar-refractivity contribution is -0.274. The molecule has 7 heteroatoms. The number of carbonyl (C=O) groups excluding carboxylic acids is 1. The smallest absolute Gasteiger partial charge is 0.406 e. The van der Waals surface area contributed by atoms with E-state index in [1.54, 1.807) is 6.08 Å². The summed E-state index contributed by atoms with van der Waals surface area (Å²) in [6.07, 6.45) is -2.01. The van der Waals surface area contributed by atoms with E-state index in [1.165, 1.54) is 6.07 Å². The van der Waals surface area contributed by atoms with Crippen molar-refractivity contribution in [1.29, 1.82) is 0 Å². The summed E-state index contributed by atoms with van der Waals surface area (Å²) < 4.78 is 40.6. The van der Waals surface area contributed by atoms with Gasteiger partial charge in [-0.15, -0.1) is 19.8 Å². The Kier molecular flexibility index (Phi) is 6.05. The van der Waals surface area contributed by atoms with Crippen molar-refractivity contribution in [1.82, 2.24) is 0 Å². The minimum atomic E-state index is -4.76. The van der Waals surface area contributed by atoms with Crippen molar-refractivity contribution in [2.75, 3.05) is 5.32 Å². The summed E-state index contributed by atoms with van der Waals surface area (Å²) in [4.78, 5) is 12.4. The predicted molar refractivity (Wildman–Crippen MR) is 82.7 cm³/mol. The van der Waals surface area contributed by atoms with Crippen molar-refractivity contribution in [3.63, 3.8) is 0 Å². The molecule has 22 heavy (non-hydrogen) atoms. The first-order valence-corrected chi connectivity index (χ1v) is 7.47. The van der Waals surface area contributed by atoms with Crippen molar-refractivity contribution >= 4 is 27.5 Å². The monoisotopic (exact) mass is 379 g/mol. The molecule has 0 saturated heterocycles. The molecular weight excluding hydrogens is 363 g/mol. The summed E-state index contributed by atoms with van der Waals surface area (Å²) in [5, 5.41) is 2.70. The largest absolute Gasteiger partial charge is 0.573 e. The molecule has 0 fully saturated rings. The van der Waals surface area contributed by atoms with Gasteiger partial charge in [0.25, 0.3) is 0 Å². The second-order valence-electron chi connectivity index (χ2n) is 4.71. The molecule has 0 aliphatic carbocycles. The second-order valence-corrected chi connectivity index (χ2v) is 5.57. The van der Waals surface area contributed by atoms with Crippen molar-refractivity contribution in [2.45, 2.75) is 33.1 Å². The fourth-order valence-corrected chi connectivity index (χ4v) is 2.45. The Morgan fingerprint density at radius 2 is 1.95 bits per heavy atom. The standard InChI is InChI=1S/C15H17BrF3NO2/c1-4-14(5-2,6-3)13(21)20-12-8-7-10(9-11(12)16)22-15(17,18)19/h4,7-9H,1,5-6H2,2-3H3,(H,20,21). The Hall–Kier alpha value is -1.50. The first kappa shape index (κ1) is 18.5. The van der Waals surface area contributed by atoms with E-state index in [-0.39, 0.29) is 11.7 Å². The van der Waals surface area contributed by atoms with Crippen molar-refractivity contribution in [3.8, 4) is 5.75 Å². The van der Waals surface area contributed by atoms with Crippen LogP contribution in [0.15, 0.2) is 35.3 Å². The third-order valence-electron chi connectivity index (χ3n) is 3.53. The average molecular weight is 380 g/mol. The lowest BCUT2D eigenvalue weighted by atomic mass is 9.81. The highest BCUT2D eigenvalue weighted by molar-refractivity contribution is 9.10. The zero-order valence-corrected chi connectivity index (χ0v) is 13.8. The molecule has 0 atom stereocenters. The van der Waals surface area contributed by atoms with Gasteiger partial charge < -0.3 is 10.1 Å². The molecule has 1 N–H and O–H groups in total. The molecule has 1 aromatic carbocycles. The fourth-order valence-electron chi connectivity index (χ4n) is 1.99. The number of ether oxygens (including phenoxy) is 1. The SMILES string of the molecule is C=CC(CC)(CC)C(=O)Nc1ccc(OC(F)(F)F)cc1Br. The van der Waals surface area contributed by atoms with E-state index in [1.807, 2.05) is 13.8 Å². The minimum absolute atomic E-state index is 0.252. The minimum Gasteiger partial charge on any atom is -0.406 e. The van der Waals surface area contributed by atoms with Gasteiger partial charge in [-0.1, -0.05) is 19.9 Å². The Bertz CT molecular complexity index is 554. The van der Waals surface area contributed by atoms with Crippen LogP contribution in [0, 0.1) is 5.41 Å². The number of anilines is 1. The van der Waals surface area contributed by atoms with Crippen LogP contribution in [0.1, 0.15) is 26.7 Å². The maximum Gasteiger partial charge on any atom is 0.573 e. The zero-order valence-electron chi connectivity index (χ0n) is 12.3. The summed E-state index contributed by atoms with van der Waals surface area (Å²) in [6, 6.07) is 3.64. The molecule has 0 aliphatic heterocycles. The van der Waals surface area contributed by atoms with E-state index >= 15 is 0 Å². The van der Waals surface area contributed by atoms with Gasteiger partial charge >= 0.3 is 6.36 Å². The summed E-state index contributed by atoms with van der Waals surface area (Å²) in [5.74, 6) is -0.615. The molecule has 0 radical (unpaired) electrons. The van der Waals surface area contributed by atoms with Crippen LogP contribution in [0.2, 0.25) is 0 Å². The van der Waals surface area contributed by atoms with E-state index in [0.29, 0.717) is 23.0 Å². The number of halogens is 4. The van der Waals surface area contributed by atoms with Gasteiger partial charge in [-0.05, 0) is 47.0 Å². The Labute approximate surface area is 135 Å². The number of hydrogen-bond acceptors (Lipinski definition) is 2. The first-order valence-electron chi connectivity index (χ1n) is 6.67. The van der Waals surface area contributed by atoms with Gasteiger partial charge in [-0.3, -0.25) is 4.79 Å². The Balaban J connectivity index is 2.95. The number of carbonyl (C=O) groups is 1. The molecule has 1 aromatic rings. The van der Waals surface area contributed by atoms with Gasteiger partial charge in [-0.25, -0.2) is 0 Å². The third-order valence-corrected chi connectivity index (χ3v) is 4.18. The van der Waals surface area contributed by atoms with E-state index in [9.17, 15) is 18.0 Å². The number of rotatable bonds is 6. The molecule has 1 amide bonds. The molecule has 122 valence electrons. The van der Waals surface area contributed by atoms with Crippen LogP contribution in [0.4, 0.5) is 18.9 Å². The topological polar surface area (TPSA) is 38.3 Å². The molecule has 0 saturated carbocycles. The first-order chi connectivity index (χ1) is 10.2. The molecule has 0 aliphatic rings. The number of alkyl halides is 3. The molecule has 0 heterocycles. The Morgan fingerprint density at radius 3 is 2.36 bits per heavy atom. The van der Waals surface area contributed by atoms with Gasteiger partial charge in [0.1, 0.15) is 5.75 Å². The molecule has 1 rings (SSSR count). The van der Waals surface area contributed by atoms with Gasteiger partial charge in [0.2, 0.25) is 5.91 Å². The third kappa shape index (κ3) is 4.50. The van der Waals surface area contributed by atoms with Crippen LogP contribution in [0.5, 0.6) is 5.75 Å². The van der Waals surface area contributed by atoms with Crippen molar-refractivity contribution in [3.05, 3.63) is 35.3 Å². The number of hydrogen-bond donors (Lipinski definition) is 1. The van der Waals surface area contributed by atoms with E-state index in [0.717, 1.165) is 12.1 Å². The van der Waals surface area contributed by atoms with Gasteiger partial charge in [-0.2, -0.15) is 0 Å². The quantitative estimate of drug-likeness (QED) is 0.682. The van der Waals surface area contributed by atoms with Crippen molar-refractivity contribution < 1.29 is 22.7 Å². The molecule has 0 unspecified atom stereocenters. The lowest BCUT2D eigenvalue weighted by Crippen LogP contribution is -2.33. The molecule has 3 nitrogen and oxygen atoms in total. The molecule has 0 aromatic heterocycles. The van der Waals surface area contributed by atoms with E-state index in [2.05, 4.69) is 32.6 Å². The molecular formula is C15H17BrF3NO2. The Morgan fingerprint density at radius 1 is 1.36 bits per heavy atom. The number of benzene rings is 1.